The van der Waals surface area contributed by atoms with Crippen LogP contribution < -0.4 is 5.32 Å². The molecular weight excluding hydrogens is 424 g/mol. The van der Waals surface area contributed by atoms with Crippen LogP contribution in [-0.4, -0.2) is 28.6 Å². The summed E-state index contributed by atoms with van der Waals surface area (Å²) in [6.45, 7) is 2.23. The molecule has 0 bridgehead atoms. The van der Waals surface area contributed by atoms with Crippen molar-refractivity contribution in [2.24, 2.45) is 0 Å². The van der Waals surface area contributed by atoms with Crippen molar-refractivity contribution in [1.29, 1.82) is 5.26 Å². The van der Waals surface area contributed by atoms with E-state index in [0.717, 1.165) is 16.7 Å². The van der Waals surface area contributed by atoms with E-state index in [1.807, 2.05) is 0 Å². The third kappa shape index (κ3) is 5.06. The van der Waals surface area contributed by atoms with Gasteiger partial charge in [0, 0.05) is 10.9 Å². The first-order valence-electron chi connectivity index (χ1n) is 9.49. The molecular formula is C23H18F4N4O. The summed E-state index contributed by atoms with van der Waals surface area (Å²) in [6.07, 6.45) is -2.62. The van der Waals surface area contributed by atoms with Gasteiger partial charge in [-0.05, 0) is 50.1 Å². The van der Waals surface area contributed by atoms with Gasteiger partial charge in [0.05, 0.1) is 46.8 Å². The lowest BCUT2D eigenvalue weighted by Gasteiger charge is -2.14. The number of halogens is 4. The Morgan fingerprint density at radius 2 is 1.97 bits per heavy atom. The molecule has 0 saturated heterocycles. The molecule has 2 heterocycles. The number of hydrogen-bond acceptors (Lipinski definition) is 4. The summed E-state index contributed by atoms with van der Waals surface area (Å²) in [5.41, 5.74) is 0.404. The Morgan fingerprint density at radius 3 is 2.56 bits per heavy atom. The monoisotopic (exact) mass is 442 g/mol. The van der Waals surface area contributed by atoms with Crippen molar-refractivity contribution in [2.75, 3.05) is 11.9 Å². The summed E-state index contributed by atoms with van der Waals surface area (Å²) >= 11 is 0. The Morgan fingerprint density at radius 1 is 1.22 bits per heavy atom. The lowest BCUT2D eigenvalue weighted by molar-refractivity contribution is -0.140. The zero-order valence-corrected chi connectivity index (χ0v) is 17.2. The van der Waals surface area contributed by atoms with Crippen LogP contribution in [0.4, 0.5) is 23.2 Å². The number of carbonyl (C=O) groups is 1. The van der Waals surface area contributed by atoms with Crippen LogP contribution in [0.3, 0.4) is 0 Å². The number of hydrogen-bond donors (Lipinski definition) is 1. The van der Waals surface area contributed by atoms with Crippen molar-refractivity contribution in [2.45, 2.75) is 32.0 Å². The standard InChI is InChI=1S/C23H18F4N4O/c1-22(2,13-28)21-6-5-17(11-30-21)29-7-3-4-18-10-19-15(12-32)8-16(24)9-20(19)31(18)14-23(25,26)27/h5-6,8-12,29H,7,14H2,1-2H3. The molecule has 5 nitrogen and oxygen atoms in total. The van der Waals surface area contributed by atoms with Crippen LogP contribution in [0.5, 0.6) is 0 Å². The molecule has 0 unspecified atom stereocenters. The molecule has 0 spiro atoms. The number of pyridine rings is 1. The van der Waals surface area contributed by atoms with Crippen LogP contribution in [0.1, 0.15) is 35.6 Å². The van der Waals surface area contributed by atoms with Crippen LogP contribution in [0.2, 0.25) is 0 Å². The zero-order chi connectivity index (χ0) is 23.5. The van der Waals surface area contributed by atoms with Crippen molar-refractivity contribution in [3.63, 3.8) is 0 Å². The third-order valence-corrected chi connectivity index (χ3v) is 4.76. The molecule has 0 atom stereocenters. The maximum Gasteiger partial charge on any atom is 0.406 e. The minimum Gasteiger partial charge on any atom is -0.373 e. The Bertz CT molecular complexity index is 1260. The van der Waals surface area contributed by atoms with Gasteiger partial charge < -0.3 is 9.88 Å². The number of nitrogens with zero attached hydrogens (tertiary/aromatic N) is 3. The molecule has 3 aromatic rings. The van der Waals surface area contributed by atoms with E-state index >= 15 is 0 Å². The number of aromatic nitrogens is 2. The fraction of sp³-hybridized carbons (Fsp3) is 0.261. The molecule has 0 aliphatic carbocycles. The molecule has 32 heavy (non-hydrogen) atoms. The molecule has 9 heteroatoms. The molecule has 1 aromatic carbocycles. The second kappa shape index (κ2) is 8.72. The van der Waals surface area contributed by atoms with Crippen molar-refractivity contribution in [3.05, 3.63) is 59.3 Å². The Balaban J connectivity index is 1.86. The molecule has 164 valence electrons. The van der Waals surface area contributed by atoms with Crippen molar-refractivity contribution in [3.8, 4) is 17.9 Å². The average Bonchev–Trinajstić information content (AvgIpc) is 3.06. The highest BCUT2D eigenvalue weighted by molar-refractivity contribution is 5.98. The largest absolute Gasteiger partial charge is 0.406 e. The number of nitriles is 1. The maximum absolute atomic E-state index is 13.8. The minimum absolute atomic E-state index is 0.0112. The highest BCUT2D eigenvalue weighted by Gasteiger charge is 2.30. The van der Waals surface area contributed by atoms with Crippen LogP contribution in [0, 0.1) is 29.0 Å². The molecule has 1 N–H and O–H groups in total. The molecule has 3 rings (SSSR count). The molecule has 0 aliphatic heterocycles. The number of fused-ring (bicyclic) bond motifs is 1. The van der Waals surface area contributed by atoms with Gasteiger partial charge in [0.25, 0.3) is 0 Å². The normalized spacial score (nSPS) is 11.5. The average molecular weight is 442 g/mol. The number of nitrogens with one attached hydrogen (secondary N) is 1. The first-order valence-corrected chi connectivity index (χ1v) is 9.49. The fourth-order valence-corrected chi connectivity index (χ4v) is 3.11. The van der Waals surface area contributed by atoms with E-state index in [1.165, 1.54) is 12.3 Å². The highest BCUT2D eigenvalue weighted by Crippen LogP contribution is 2.28. The summed E-state index contributed by atoms with van der Waals surface area (Å²) in [5.74, 6) is 4.59. The molecule has 0 amide bonds. The topological polar surface area (TPSA) is 70.7 Å². The van der Waals surface area contributed by atoms with Gasteiger partial charge in [-0.25, -0.2) is 4.39 Å². The number of aldehydes is 1. The fourth-order valence-electron chi connectivity index (χ4n) is 3.11. The Kier molecular flexibility index (Phi) is 6.22. The highest BCUT2D eigenvalue weighted by atomic mass is 19.4. The van der Waals surface area contributed by atoms with Crippen LogP contribution in [0.25, 0.3) is 10.9 Å². The molecule has 0 fully saturated rings. The van der Waals surface area contributed by atoms with Gasteiger partial charge in [0.15, 0.2) is 6.29 Å². The van der Waals surface area contributed by atoms with E-state index in [2.05, 4.69) is 28.2 Å². The maximum atomic E-state index is 13.8. The van der Waals surface area contributed by atoms with Gasteiger partial charge in [0.1, 0.15) is 12.4 Å². The SMILES string of the molecule is CC(C)(C#N)c1ccc(NCC#Cc2cc3c(C=O)cc(F)cc3n2CC(F)(F)F)cn1. The first-order chi connectivity index (χ1) is 15.0. The molecule has 0 aliphatic rings. The van der Waals surface area contributed by atoms with Crippen molar-refractivity contribution < 1.29 is 22.4 Å². The Hall–Kier alpha value is -3.85. The van der Waals surface area contributed by atoms with Crippen LogP contribution in [-0.2, 0) is 12.0 Å². The summed E-state index contributed by atoms with van der Waals surface area (Å²) in [6, 6.07) is 8.85. The number of benzene rings is 1. The van der Waals surface area contributed by atoms with E-state index in [-0.39, 0.29) is 28.7 Å². The lowest BCUT2D eigenvalue weighted by atomic mass is 9.91. The second-order valence-electron chi connectivity index (χ2n) is 7.60. The summed E-state index contributed by atoms with van der Waals surface area (Å²) in [5, 5.41) is 12.3. The lowest BCUT2D eigenvalue weighted by Crippen LogP contribution is -2.18. The predicted octanol–water partition coefficient (Wildman–Crippen LogP) is 4.81. The second-order valence-corrected chi connectivity index (χ2v) is 7.60. The van der Waals surface area contributed by atoms with Crippen LogP contribution in [0.15, 0.2) is 36.5 Å². The number of anilines is 1. The van der Waals surface area contributed by atoms with Crippen molar-refractivity contribution in [1.82, 2.24) is 9.55 Å². The van der Waals surface area contributed by atoms with E-state index in [1.54, 1.807) is 26.0 Å². The molecule has 2 aromatic heterocycles. The van der Waals surface area contributed by atoms with E-state index in [0.29, 0.717) is 17.7 Å². The molecule has 0 saturated carbocycles. The van der Waals surface area contributed by atoms with E-state index in [4.69, 9.17) is 5.26 Å². The van der Waals surface area contributed by atoms with Gasteiger partial charge in [-0.2, -0.15) is 18.4 Å². The van der Waals surface area contributed by atoms with Crippen molar-refractivity contribution >= 4 is 22.9 Å². The smallest absolute Gasteiger partial charge is 0.373 e. The molecule has 0 radical (unpaired) electrons. The zero-order valence-electron chi connectivity index (χ0n) is 17.2. The quantitative estimate of drug-likeness (QED) is 0.350. The van der Waals surface area contributed by atoms with Gasteiger partial charge in [-0.3, -0.25) is 9.78 Å². The summed E-state index contributed by atoms with van der Waals surface area (Å²) in [7, 11) is 0. The first kappa shape index (κ1) is 22.8. The van der Waals surface area contributed by atoms with Gasteiger partial charge in [0.2, 0.25) is 0 Å². The number of carbonyl (C=O) groups excluding carboxylic acids is 1. The van der Waals surface area contributed by atoms with Gasteiger partial charge >= 0.3 is 6.18 Å². The summed E-state index contributed by atoms with van der Waals surface area (Å²) < 4.78 is 53.9. The predicted molar refractivity (Wildman–Crippen MR) is 112 cm³/mol. The third-order valence-electron chi connectivity index (χ3n) is 4.76. The number of rotatable bonds is 5. The number of alkyl halides is 3. The van der Waals surface area contributed by atoms with Gasteiger partial charge in [-0.1, -0.05) is 5.92 Å². The Labute approximate surface area is 181 Å². The van der Waals surface area contributed by atoms with E-state index < -0.39 is 24.0 Å². The van der Waals surface area contributed by atoms with Crippen LogP contribution >= 0.6 is 0 Å². The summed E-state index contributed by atoms with van der Waals surface area (Å²) in [4.78, 5) is 15.5. The van der Waals surface area contributed by atoms with Gasteiger partial charge in [-0.15, -0.1) is 0 Å². The van der Waals surface area contributed by atoms with E-state index in [9.17, 15) is 22.4 Å². The minimum atomic E-state index is -4.56.